The van der Waals surface area contributed by atoms with Crippen LogP contribution in [-0.2, 0) is 0 Å². The van der Waals surface area contributed by atoms with Gasteiger partial charge in [-0.15, -0.1) is 24.8 Å². The van der Waals surface area contributed by atoms with E-state index in [1.54, 1.807) is 0 Å². The molecular formula is C10H16Cl2N2. The Hall–Kier alpha value is -0.440. The number of halogens is 2. The SMILES string of the molecule is Cl.Cl.c1ccc(NN2CCCC2)cc1. The first kappa shape index (κ1) is 13.6. The molecule has 1 heterocycles. The topological polar surface area (TPSA) is 15.3 Å². The summed E-state index contributed by atoms with van der Waals surface area (Å²) in [7, 11) is 0. The summed E-state index contributed by atoms with van der Waals surface area (Å²) < 4.78 is 0. The van der Waals surface area contributed by atoms with Crippen molar-refractivity contribution < 1.29 is 0 Å². The van der Waals surface area contributed by atoms with Crippen LogP contribution in [0.1, 0.15) is 12.8 Å². The first-order valence-electron chi connectivity index (χ1n) is 4.52. The molecule has 2 rings (SSSR count). The highest BCUT2D eigenvalue weighted by molar-refractivity contribution is 5.85. The summed E-state index contributed by atoms with van der Waals surface area (Å²) in [6, 6.07) is 10.3. The maximum absolute atomic E-state index is 3.37. The molecule has 0 amide bonds. The number of nitrogens with one attached hydrogen (secondary N) is 1. The van der Waals surface area contributed by atoms with Gasteiger partial charge in [0.05, 0.1) is 0 Å². The summed E-state index contributed by atoms with van der Waals surface area (Å²) in [6.07, 6.45) is 2.64. The van der Waals surface area contributed by atoms with Gasteiger partial charge in [-0.1, -0.05) is 18.2 Å². The van der Waals surface area contributed by atoms with Gasteiger partial charge in [0.2, 0.25) is 0 Å². The maximum atomic E-state index is 3.37. The predicted octanol–water partition coefficient (Wildman–Crippen LogP) is 2.95. The Kier molecular flexibility index (Phi) is 6.71. The van der Waals surface area contributed by atoms with Crippen LogP contribution < -0.4 is 5.43 Å². The lowest BCUT2D eigenvalue weighted by Crippen LogP contribution is -2.25. The van der Waals surface area contributed by atoms with Crippen LogP contribution in [0.15, 0.2) is 30.3 Å². The Morgan fingerprint density at radius 1 is 0.929 bits per heavy atom. The fraction of sp³-hybridized carbons (Fsp3) is 0.400. The Bertz CT molecular complexity index is 235. The van der Waals surface area contributed by atoms with E-state index in [0.717, 1.165) is 0 Å². The molecule has 1 aliphatic heterocycles. The van der Waals surface area contributed by atoms with Crippen molar-refractivity contribution in [3.05, 3.63) is 30.3 Å². The minimum atomic E-state index is 0. The third-order valence-electron chi connectivity index (χ3n) is 2.17. The Labute approximate surface area is 97.5 Å². The largest absolute Gasteiger partial charge is 0.319 e. The second-order valence-electron chi connectivity index (χ2n) is 3.17. The number of hydrogen-bond donors (Lipinski definition) is 1. The van der Waals surface area contributed by atoms with Gasteiger partial charge in [0, 0.05) is 18.8 Å². The molecule has 0 radical (unpaired) electrons. The predicted molar refractivity (Wildman–Crippen MR) is 65.4 cm³/mol. The zero-order valence-corrected chi connectivity index (χ0v) is 9.61. The molecule has 0 aliphatic carbocycles. The number of anilines is 1. The van der Waals surface area contributed by atoms with Crippen LogP contribution in [0.3, 0.4) is 0 Å². The van der Waals surface area contributed by atoms with E-state index in [1.165, 1.54) is 31.6 Å². The van der Waals surface area contributed by atoms with E-state index in [1.807, 2.05) is 6.07 Å². The molecule has 0 bridgehead atoms. The summed E-state index contributed by atoms with van der Waals surface area (Å²) in [5.41, 5.74) is 4.57. The molecule has 1 saturated heterocycles. The molecule has 0 unspecified atom stereocenters. The molecule has 0 atom stereocenters. The lowest BCUT2D eigenvalue weighted by molar-refractivity contribution is 0.410. The van der Waals surface area contributed by atoms with Crippen molar-refractivity contribution >= 4 is 30.5 Å². The van der Waals surface area contributed by atoms with E-state index in [0.29, 0.717) is 0 Å². The van der Waals surface area contributed by atoms with Crippen LogP contribution in [-0.4, -0.2) is 18.1 Å². The number of hydrogen-bond acceptors (Lipinski definition) is 2. The Balaban J connectivity index is 0.000000845. The monoisotopic (exact) mass is 234 g/mol. The fourth-order valence-electron chi connectivity index (χ4n) is 1.52. The smallest absolute Gasteiger partial charge is 0.0490 e. The second kappa shape index (κ2) is 6.93. The summed E-state index contributed by atoms with van der Waals surface area (Å²) in [6.45, 7) is 2.35. The van der Waals surface area contributed by atoms with E-state index >= 15 is 0 Å². The third-order valence-corrected chi connectivity index (χ3v) is 2.17. The van der Waals surface area contributed by atoms with Crippen molar-refractivity contribution in [3.63, 3.8) is 0 Å². The summed E-state index contributed by atoms with van der Waals surface area (Å²) in [5, 5.41) is 2.27. The van der Waals surface area contributed by atoms with E-state index in [-0.39, 0.29) is 24.8 Å². The van der Waals surface area contributed by atoms with Gasteiger partial charge in [0.15, 0.2) is 0 Å². The number of benzene rings is 1. The lowest BCUT2D eigenvalue weighted by Gasteiger charge is -2.17. The molecule has 0 aromatic heterocycles. The van der Waals surface area contributed by atoms with E-state index in [4.69, 9.17) is 0 Å². The van der Waals surface area contributed by atoms with Gasteiger partial charge in [-0.2, -0.15) is 0 Å². The number of para-hydroxylation sites is 1. The lowest BCUT2D eigenvalue weighted by atomic mass is 10.3. The van der Waals surface area contributed by atoms with Crippen LogP contribution in [0.4, 0.5) is 5.69 Å². The zero-order chi connectivity index (χ0) is 8.23. The molecule has 4 heteroatoms. The maximum Gasteiger partial charge on any atom is 0.0490 e. The molecule has 2 nitrogen and oxygen atoms in total. The van der Waals surface area contributed by atoms with Crippen molar-refractivity contribution in [2.24, 2.45) is 0 Å². The summed E-state index contributed by atoms with van der Waals surface area (Å²) >= 11 is 0. The quantitative estimate of drug-likeness (QED) is 0.847. The van der Waals surface area contributed by atoms with Crippen LogP contribution >= 0.6 is 24.8 Å². The molecular weight excluding hydrogens is 219 g/mol. The van der Waals surface area contributed by atoms with Gasteiger partial charge in [-0.3, -0.25) is 0 Å². The van der Waals surface area contributed by atoms with Crippen LogP contribution in [0.25, 0.3) is 0 Å². The standard InChI is InChI=1S/C10H14N2.2ClH/c1-2-6-10(7-3-1)11-12-8-4-5-9-12;;/h1-3,6-7,11H,4-5,8-9H2;2*1H. The van der Waals surface area contributed by atoms with Gasteiger partial charge in [0.25, 0.3) is 0 Å². The van der Waals surface area contributed by atoms with E-state index < -0.39 is 0 Å². The van der Waals surface area contributed by atoms with Crippen molar-refractivity contribution in [3.8, 4) is 0 Å². The molecule has 80 valence electrons. The average molecular weight is 235 g/mol. The summed E-state index contributed by atoms with van der Waals surface area (Å²) in [5.74, 6) is 0. The molecule has 1 aliphatic rings. The van der Waals surface area contributed by atoms with Gasteiger partial charge in [-0.05, 0) is 25.0 Å². The van der Waals surface area contributed by atoms with E-state index in [9.17, 15) is 0 Å². The number of hydrazine groups is 1. The molecule has 0 saturated carbocycles. The molecule has 1 N–H and O–H groups in total. The van der Waals surface area contributed by atoms with Crippen molar-refractivity contribution in [2.45, 2.75) is 12.8 Å². The first-order chi connectivity index (χ1) is 5.95. The minimum Gasteiger partial charge on any atom is -0.319 e. The highest BCUT2D eigenvalue weighted by Gasteiger charge is 2.09. The Morgan fingerprint density at radius 3 is 2.07 bits per heavy atom. The molecule has 0 spiro atoms. The van der Waals surface area contributed by atoms with Crippen molar-refractivity contribution in [2.75, 3.05) is 18.5 Å². The van der Waals surface area contributed by atoms with Crippen molar-refractivity contribution in [1.29, 1.82) is 0 Å². The molecule has 14 heavy (non-hydrogen) atoms. The minimum absolute atomic E-state index is 0. The number of nitrogens with zero attached hydrogens (tertiary/aromatic N) is 1. The van der Waals surface area contributed by atoms with Gasteiger partial charge in [-0.25, -0.2) is 5.01 Å². The van der Waals surface area contributed by atoms with Crippen LogP contribution in [0.5, 0.6) is 0 Å². The Morgan fingerprint density at radius 2 is 1.50 bits per heavy atom. The first-order valence-corrected chi connectivity index (χ1v) is 4.52. The number of rotatable bonds is 2. The summed E-state index contributed by atoms with van der Waals surface area (Å²) in [4.78, 5) is 0. The van der Waals surface area contributed by atoms with Crippen LogP contribution in [0.2, 0.25) is 0 Å². The van der Waals surface area contributed by atoms with E-state index in [2.05, 4.69) is 34.7 Å². The zero-order valence-electron chi connectivity index (χ0n) is 7.98. The fourth-order valence-corrected chi connectivity index (χ4v) is 1.52. The molecule has 1 aromatic carbocycles. The van der Waals surface area contributed by atoms with Crippen LogP contribution in [0, 0.1) is 0 Å². The normalized spacial score (nSPS) is 15.4. The van der Waals surface area contributed by atoms with Gasteiger partial charge >= 0.3 is 0 Å². The van der Waals surface area contributed by atoms with Crippen molar-refractivity contribution in [1.82, 2.24) is 5.01 Å². The second-order valence-corrected chi connectivity index (χ2v) is 3.17. The highest BCUT2D eigenvalue weighted by Crippen LogP contribution is 2.11. The van der Waals surface area contributed by atoms with Gasteiger partial charge in [0.1, 0.15) is 0 Å². The molecule has 1 fully saturated rings. The average Bonchev–Trinajstić information content (AvgIpc) is 2.59. The van der Waals surface area contributed by atoms with Gasteiger partial charge < -0.3 is 5.43 Å². The highest BCUT2D eigenvalue weighted by atomic mass is 35.5. The molecule has 1 aromatic rings. The third kappa shape index (κ3) is 3.74.